The summed E-state index contributed by atoms with van der Waals surface area (Å²) >= 11 is 0. The van der Waals surface area contributed by atoms with Crippen LogP contribution in [0.3, 0.4) is 0 Å². The number of ether oxygens (including phenoxy) is 2. The summed E-state index contributed by atoms with van der Waals surface area (Å²) in [6.45, 7) is 5.15. The maximum absolute atomic E-state index is 12.5. The molecule has 2 rings (SSSR count). The Labute approximate surface area is 164 Å². The first-order chi connectivity index (χ1) is 13.3. The second kappa shape index (κ2) is 9.69. The number of Topliss-reactive ketones (excluding diaryl/α,β-unsaturated/α-hetero) is 1. The van der Waals surface area contributed by atoms with E-state index in [1.54, 1.807) is 76.4 Å². The molecule has 0 unspecified atom stereocenters. The van der Waals surface area contributed by atoms with Gasteiger partial charge in [-0.15, -0.1) is 0 Å². The molecule has 2 aromatic carbocycles. The molecular weight excluding hydrogens is 358 g/mol. The van der Waals surface area contributed by atoms with Crippen molar-refractivity contribution >= 4 is 23.3 Å². The summed E-state index contributed by atoms with van der Waals surface area (Å²) in [4.78, 5) is 36.3. The average molecular weight is 383 g/mol. The van der Waals surface area contributed by atoms with Gasteiger partial charge in [-0.1, -0.05) is 26.0 Å². The standard InChI is InChI=1S/C22H25NO5/c1-14(2)22(26)23-18-9-7-17(8-10-18)21(25)15(3)28-20(24)13-16-5-11-19(27-4)12-6-16/h5-12,14-15H,13H2,1-4H3,(H,23,26)/t15-/m0/s1. The molecule has 2 aromatic rings. The maximum Gasteiger partial charge on any atom is 0.310 e. The molecule has 0 spiro atoms. The number of hydrogen-bond acceptors (Lipinski definition) is 5. The van der Waals surface area contributed by atoms with Crippen molar-refractivity contribution in [2.45, 2.75) is 33.3 Å². The lowest BCUT2D eigenvalue weighted by Gasteiger charge is -2.13. The van der Waals surface area contributed by atoms with E-state index in [2.05, 4.69) is 5.32 Å². The van der Waals surface area contributed by atoms with E-state index in [0.717, 1.165) is 5.56 Å². The molecule has 1 N–H and O–H groups in total. The highest BCUT2D eigenvalue weighted by molar-refractivity contribution is 6.01. The average Bonchev–Trinajstić information content (AvgIpc) is 2.68. The molecule has 0 radical (unpaired) electrons. The first kappa shape index (κ1) is 21.2. The molecule has 0 aliphatic carbocycles. The molecule has 0 fully saturated rings. The van der Waals surface area contributed by atoms with Crippen LogP contribution in [0.4, 0.5) is 5.69 Å². The molecule has 28 heavy (non-hydrogen) atoms. The van der Waals surface area contributed by atoms with Gasteiger partial charge >= 0.3 is 5.97 Å². The van der Waals surface area contributed by atoms with E-state index in [1.807, 2.05) is 0 Å². The number of carbonyl (C=O) groups is 3. The minimum atomic E-state index is -0.901. The van der Waals surface area contributed by atoms with Crippen molar-refractivity contribution in [3.8, 4) is 5.75 Å². The van der Waals surface area contributed by atoms with Crippen molar-refractivity contribution in [3.05, 3.63) is 59.7 Å². The maximum atomic E-state index is 12.5. The van der Waals surface area contributed by atoms with E-state index in [-0.39, 0.29) is 24.0 Å². The SMILES string of the molecule is COc1ccc(CC(=O)O[C@@H](C)C(=O)c2ccc(NC(=O)C(C)C)cc2)cc1. The molecule has 148 valence electrons. The molecular formula is C22H25NO5. The summed E-state index contributed by atoms with van der Waals surface area (Å²) in [7, 11) is 1.57. The fourth-order valence-electron chi connectivity index (χ4n) is 2.44. The summed E-state index contributed by atoms with van der Waals surface area (Å²) in [5.41, 5.74) is 1.79. The highest BCUT2D eigenvalue weighted by Gasteiger charge is 2.20. The van der Waals surface area contributed by atoms with Crippen molar-refractivity contribution in [2.24, 2.45) is 5.92 Å². The van der Waals surface area contributed by atoms with Gasteiger partial charge in [-0.25, -0.2) is 0 Å². The van der Waals surface area contributed by atoms with E-state index in [1.165, 1.54) is 0 Å². The number of rotatable bonds is 8. The summed E-state index contributed by atoms with van der Waals surface area (Å²) in [5, 5.41) is 2.76. The van der Waals surface area contributed by atoms with Gasteiger partial charge in [0.15, 0.2) is 6.10 Å². The molecule has 1 atom stereocenters. The predicted octanol–water partition coefficient (Wildman–Crippen LogP) is 3.65. The monoisotopic (exact) mass is 383 g/mol. The lowest BCUT2D eigenvalue weighted by atomic mass is 10.1. The van der Waals surface area contributed by atoms with Crippen molar-refractivity contribution in [1.29, 1.82) is 0 Å². The van der Waals surface area contributed by atoms with Crippen LogP contribution < -0.4 is 10.1 Å². The van der Waals surface area contributed by atoms with Gasteiger partial charge in [-0.2, -0.15) is 0 Å². The van der Waals surface area contributed by atoms with Crippen LogP contribution in [0.1, 0.15) is 36.7 Å². The molecule has 0 aliphatic rings. The van der Waals surface area contributed by atoms with Crippen LogP contribution in [0, 0.1) is 5.92 Å². The third kappa shape index (κ3) is 5.94. The van der Waals surface area contributed by atoms with E-state index in [9.17, 15) is 14.4 Å². The molecule has 0 heterocycles. The van der Waals surface area contributed by atoms with E-state index in [4.69, 9.17) is 9.47 Å². The molecule has 6 heteroatoms. The Morgan fingerprint density at radius 3 is 2.07 bits per heavy atom. The third-order valence-corrected chi connectivity index (χ3v) is 4.15. The number of nitrogens with one attached hydrogen (secondary N) is 1. The van der Waals surface area contributed by atoms with E-state index in [0.29, 0.717) is 17.0 Å². The van der Waals surface area contributed by atoms with Gasteiger partial charge in [0.1, 0.15) is 5.75 Å². The van der Waals surface area contributed by atoms with Crippen LogP contribution in [-0.2, 0) is 20.7 Å². The number of esters is 1. The van der Waals surface area contributed by atoms with E-state index >= 15 is 0 Å². The number of hydrogen-bond donors (Lipinski definition) is 1. The van der Waals surface area contributed by atoms with Gasteiger partial charge in [0.2, 0.25) is 11.7 Å². The Bertz CT molecular complexity index is 825. The van der Waals surface area contributed by atoms with Gasteiger partial charge in [0.25, 0.3) is 0 Å². The number of ketones is 1. The second-order valence-corrected chi connectivity index (χ2v) is 6.74. The Morgan fingerprint density at radius 1 is 0.929 bits per heavy atom. The normalized spacial score (nSPS) is 11.6. The zero-order valence-corrected chi connectivity index (χ0v) is 16.5. The molecule has 0 bridgehead atoms. The Hall–Kier alpha value is -3.15. The third-order valence-electron chi connectivity index (χ3n) is 4.15. The van der Waals surface area contributed by atoms with Gasteiger partial charge < -0.3 is 14.8 Å². The summed E-state index contributed by atoms with van der Waals surface area (Å²) in [6, 6.07) is 13.6. The first-order valence-electron chi connectivity index (χ1n) is 9.07. The van der Waals surface area contributed by atoms with Gasteiger partial charge in [-0.3, -0.25) is 14.4 Å². The van der Waals surface area contributed by atoms with Crippen LogP contribution in [0.2, 0.25) is 0 Å². The van der Waals surface area contributed by atoms with E-state index < -0.39 is 12.1 Å². The quantitative estimate of drug-likeness (QED) is 0.556. The van der Waals surface area contributed by atoms with Crippen LogP contribution in [0.15, 0.2) is 48.5 Å². The molecule has 0 saturated heterocycles. The molecule has 0 aliphatic heterocycles. The highest BCUT2D eigenvalue weighted by Crippen LogP contribution is 2.15. The Morgan fingerprint density at radius 2 is 1.54 bits per heavy atom. The zero-order valence-electron chi connectivity index (χ0n) is 16.5. The van der Waals surface area contributed by atoms with Crippen LogP contribution in [0.25, 0.3) is 0 Å². The summed E-state index contributed by atoms with van der Waals surface area (Å²) < 4.78 is 10.3. The first-order valence-corrected chi connectivity index (χ1v) is 9.07. The molecule has 1 amide bonds. The van der Waals surface area contributed by atoms with Crippen molar-refractivity contribution in [3.63, 3.8) is 0 Å². The minimum absolute atomic E-state index is 0.0712. The highest BCUT2D eigenvalue weighted by atomic mass is 16.5. The smallest absolute Gasteiger partial charge is 0.310 e. The summed E-state index contributed by atoms with van der Waals surface area (Å²) in [5.74, 6) is -0.309. The van der Waals surface area contributed by atoms with Crippen molar-refractivity contribution in [1.82, 2.24) is 0 Å². The topological polar surface area (TPSA) is 81.7 Å². The van der Waals surface area contributed by atoms with Crippen LogP contribution in [-0.4, -0.2) is 30.9 Å². The van der Waals surface area contributed by atoms with Crippen molar-refractivity contribution in [2.75, 3.05) is 12.4 Å². The van der Waals surface area contributed by atoms with Crippen LogP contribution >= 0.6 is 0 Å². The fourth-order valence-corrected chi connectivity index (χ4v) is 2.44. The molecule has 6 nitrogen and oxygen atoms in total. The number of carbonyl (C=O) groups excluding carboxylic acids is 3. The molecule has 0 aromatic heterocycles. The Kier molecular flexibility index (Phi) is 7.32. The summed E-state index contributed by atoms with van der Waals surface area (Å²) in [6.07, 6.45) is -0.830. The zero-order chi connectivity index (χ0) is 20.7. The van der Waals surface area contributed by atoms with Crippen molar-refractivity contribution < 1.29 is 23.9 Å². The number of methoxy groups -OCH3 is 1. The predicted molar refractivity (Wildman–Crippen MR) is 106 cm³/mol. The number of amides is 1. The van der Waals surface area contributed by atoms with Gasteiger partial charge in [0, 0.05) is 17.2 Å². The van der Waals surface area contributed by atoms with Gasteiger partial charge in [-0.05, 0) is 48.9 Å². The number of anilines is 1. The minimum Gasteiger partial charge on any atom is -0.497 e. The fraction of sp³-hybridized carbons (Fsp3) is 0.318. The Balaban J connectivity index is 1.92. The lowest BCUT2D eigenvalue weighted by molar-refractivity contribution is -0.145. The lowest BCUT2D eigenvalue weighted by Crippen LogP contribution is -2.25. The second-order valence-electron chi connectivity index (χ2n) is 6.74. The number of benzene rings is 2. The largest absolute Gasteiger partial charge is 0.497 e. The van der Waals surface area contributed by atoms with Gasteiger partial charge in [0.05, 0.1) is 13.5 Å². The van der Waals surface area contributed by atoms with Crippen LogP contribution in [0.5, 0.6) is 5.75 Å². The molecule has 0 saturated carbocycles.